The number of rotatable bonds is 6. The van der Waals surface area contributed by atoms with Crippen LogP contribution in [0.25, 0.3) is 11.1 Å². The molecular formula is C22H21N5O4. The molecule has 9 heteroatoms. The first-order valence-corrected chi connectivity index (χ1v) is 9.66. The lowest BCUT2D eigenvalue weighted by Crippen LogP contribution is -2.34. The molecule has 0 saturated carbocycles. The van der Waals surface area contributed by atoms with Gasteiger partial charge in [0.1, 0.15) is 11.9 Å². The first-order valence-electron chi connectivity index (χ1n) is 9.66. The molecule has 1 N–H and O–H groups in total. The topological polar surface area (TPSA) is 112 Å². The first kappa shape index (κ1) is 20.3. The summed E-state index contributed by atoms with van der Waals surface area (Å²) >= 11 is 0. The first-order chi connectivity index (χ1) is 14.9. The van der Waals surface area contributed by atoms with Gasteiger partial charge in [0.25, 0.3) is 11.6 Å². The third-order valence-corrected chi connectivity index (χ3v) is 4.85. The Balaban J connectivity index is 1.50. The zero-order valence-electron chi connectivity index (χ0n) is 17.3. The van der Waals surface area contributed by atoms with Crippen LogP contribution < -0.4 is 5.32 Å². The predicted molar refractivity (Wildman–Crippen MR) is 111 cm³/mol. The lowest BCUT2D eigenvalue weighted by atomic mass is 10.1. The van der Waals surface area contributed by atoms with Gasteiger partial charge in [-0.1, -0.05) is 35.5 Å². The van der Waals surface area contributed by atoms with E-state index < -0.39 is 24.5 Å². The van der Waals surface area contributed by atoms with E-state index in [0.717, 1.165) is 5.56 Å². The Bertz CT molecular complexity index is 1250. The van der Waals surface area contributed by atoms with Crippen molar-refractivity contribution in [3.63, 3.8) is 0 Å². The van der Waals surface area contributed by atoms with Gasteiger partial charge in [-0.15, -0.1) is 0 Å². The van der Waals surface area contributed by atoms with Gasteiger partial charge < -0.3 is 19.1 Å². The number of esters is 1. The summed E-state index contributed by atoms with van der Waals surface area (Å²) in [4.78, 5) is 33.9. The average molecular weight is 419 g/mol. The molecule has 158 valence electrons. The molecule has 0 aliphatic rings. The number of hydrogen-bond donors (Lipinski definition) is 1. The van der Waals surface area contributed by atoms with Crippen molar-refractivity contribution in [2.45, 2.75) is 19.9 Å². The van der Waals surface area contributed by atoms with Gasteiger partial charge in [-0.2, -0.15) is 0 Å². The number of fused-ring (bicyclic) bond motifs is 1. The fourth-order valence-electron chi connectivity index (χ4n) is 3.39. The highest BCUT2D eigenvalue weighted by Crippen LogP contribution is 2.23. The number of ether oxygens (including phenoxy) is 1. The van der Waals surface area contributed by atoms with Crippen LogP contribution in [0.2, 0.25) is 0 Å². The van der Waals surface area contributed by atoms with Crippen LogP contribution in [0.3, 0.4) is 0 Å². The lowest BCUT2D eigenvalue weighted by Gasteiger charge is -2.19. The van der Waals surface area contributed by atoms with Crippen molar-refractivity contribution >= 4 is 23.0 Å². The summed E-state index contributed by atoms with van der Waals surface area (Å²) in [7, 11) is 1.85. The molecule has 0 radical (unpaired) electrons. The van der Waals surface area contributed by atoms with Crippen LogP contribution in [0.15, 0.2) is 53.3 Å². The number of imidazole rings is 1. The standard InChI is InChI=1S/C22H21N5O4/c1-13-11-16(18-14(2)26-31-21(18)24-13)22(29)30-12-17(28)25-19(15-7-5-4-6-8-15)20-23-9-10-27(20)3/h4-11,19H,12H2,1-3H3,(H,25,28)/t19-/m0/s1. The second kappa shape index (κ2) is 8.39. The zero-order chi connectivity index (χ0) is 22.0. The number of nitrogens with zero attached hydrogens (tertiary/aromatic N) is 4. The molecule has 0 aliphatic carbocycles. The number of pyridine rings is 1. The van der Waals surface area contributed by atoms with Crippen molar-refractivity contribution in [3.8, 4) is 0 Å². The fourth-order valence-corrected chi connectivity index (χ4v) is 3.39. The highest BCUT2D eigenvalue weighted by Gasteiger charge is 2.23. The van der Waals surface area contributed by atoms with Gasteiger partial charge in [-0.3, -0.25) is 4.79 Å². The van der Waals surface area contributed by atoms with Crippen LogP contribution in [0.4, 0.5) is 0 Å². The molecule has 1 aromatic carbocycles. The normalized spacial score (nSPS) is 12.0. The maximum atomic E-state index is 12.7. The van der Waals surface area contributed by atoms with Crippen LogP contribution in [0, 0.1) is 13.8 Å². The number of benzene rings is 1. The Morgan fingerprint density at radius 3 is 2.71 bits per heavy atom. The summed E-state index contributed by atoms with van der Waals surface area (Å²) in [6, 6.07) is 10.6. The van der Waals surface area contributed by atoms with Crippen LogP contribution in [-0.2, 0) is 16.6 Å². The molecule has 3 heterocycles. The quantitative estimate of drug-likeness (QED) is 0.478. The van der Waals surface area contributed by atoms with Crippen molar-refractivity contribution in [2.75, 3.05) is 6.61 Å². The summed E-state index contributed by atoms with van der Waals surface area (Å²) in [6.45, 7) is 3.00. The molecule has 31 heavy (non-hydrogen) atoms. The fraction of sp³-hybridized carbons (Fsp3) is 0.227. The molecule has 0 saturated heterocycles. The van der Waals surface area contributed by atoms with Crippen molar-refractivity contribution in [2.24, 2.45) is 7.05 Å². The van der Waals surface area contributed by atoms with Gasteiger partial charge in [0, 0.05) is 25.1 Å². The third kappa shape index (κ3) is 4.16. The van der Waals surface area contributed by atoms with Crippen molar-refractivity contribution in [1.82, 2.24) is 25.0 Å². The summed E-state index contributed by atoms with van der Waals surface area (Å²) in [5.41, 5.74) is 2.49. The zero-order valence-corrected chi connectivity index (χ0v) is 17.3. The number of nitrogens with one attached hydrogen (secondary N) is 1. The van der Waals surface area contributed by atoms with E-state index in [1.54, 1.807) is 32.3 Å². The van der Waals surface area contributed by atoms with E-state index in [1.165, 1.54) is 0 Å². The van der Waals surface area contributed by atoms with E-state index in [9.17, 15) is 9.59 Å². The molecule has 1 atom stereocenters. The van der Waals surface area contributed by atoms with Crippen LogP contribution >= 0.6 is 0 Å². The number of aromatic nitrogens is 4. The molecule has 0 spiro atoms. The second-order valence-corrected chi connectivity index (χ2v) is 7.14. The Morgan fingerprint density at radius 1 is 1.23 bits per heavy atom. The Kier molecular flexibility index (Phi) is 5.48. The predicted octanol–water partition coefficient (Wildman–Crippen LogP) is 2.64. The van der Waals surface area contributed by atoms with Gasteiger partial charge in [0.15, 0.2) is 6.61 Å². The molecule has 4 aromatic rings. The number of carbonyl (C=O) groups is 2. The van der Waals surface area contributed by atoms with Gasteiger partial charge in [-0.25, -0.2) is 14.8 Å². The number of amides is 1. The molecule has 3 aromatic heterocycles. The number of carbonyl (C=O) groups excluding carboxylic acids is 2. The molecule has 0 fully saturated rings. The van der Waals surface area contributed by atoms with Crippen LogP contribution in [0.1, 0.15) is 39.2 Å². The summed E-state index contributed by atoms with van der Waals surface area (Å²) in [6.07, 6.45) is 3.46. The highest BCUT2D eigenvalue weighted by atomic mass is 16.5. The number of aryl methyl sites for hydroxylation is 3. The van der Waals surface area contributed by atoms with E-state index in [2.05, 4.69) is 20.4 Å². The lowest BCUT2D eigenvalue weighted by molar-refractivity contribution is -0.124. The van der Waals surface area contributed by atoms with Crippen LogP contribution in [0.5, 0.6) is 0 Å². The second-order valence-electron chi connectivity index (χ2n) is 7.14. The summed E-state index contributed by atoms with van der Waals surface area (Å²) in [5.74, 6) is -0.433. The van der Waals surface area contributed by atoms with E-state index in [-0.39, 0.29) is 11.3 Å². The van der Waals surface area contributed by atoms with Crippen LogP contribution in [-0.4, -0.2) is 38.2 Å². The molecule has 1 amide bonds. The monoisotopic (exact) mass is 419 g/mol. The Hall–Kier alpha value is -4.01. The largest absolute Gasteiger partial charge is 0.452 e. The maximum absolute atomic E-state index is 12.7. The van der Waals surface area contributed by atoms with Crippen molar-refractivity contribution in [1.29, 1.82) is 0 Å². The third-order valence-electron chi connectivity index (χ3n) is 4.85. The molecule has 9 nitrogen and oxygen atoms in total. The van der Waals surface area contributed by atoms with Gasteiger partial charge in [-0.05, 0) is 25.5 Å². The van der Waals surface area contributed by atoms with Gasteiger partial charge in [0.05, 0.1) is 16.6 Å². The molecular weight excluding hydrogens is 398 g/mol. The molecule has 0 aliphatic heterocycles. The Labute approximate surface area is 178 Å². The Morgan fingerprint density at radius 2 is 2.00 bits per heavy atom. The minimum Gasteiger partial charge on any atom is -0.452 e. The average Bonchev–Trinajstić information content (AvgIpc) is 3.35. The number of hydrogen-bond acceptors (Lipinski definition) is 7. The molecule has 4 rings (SSSR count). The highest BCUT2D eigenvalue weighted by molar-refractivity contribution is 6.03. The van der Waals surface area contributed by atoms with Gasteiger partial charge in [0.2, 0.25) is 0 Å². The molecule has 0 bridgehead atoms. The smallest absolute Gasteiger partial charge is 0.339 e. The van der Waals surface area contributed by atoms with Crippen molar-refractivity contribution in [3.05, 3.63) is 77.1 Å². The van der Waals surface area contributed by atoms with E-state index in [1.807, 2.05) is 41.9 Å². The maximum Gasteiger partial charge on any atom is 0.339 e. The molecule has 0 unspecified atom stereocenters. The van der Waals surface area contributed by atoms with E-state index >= 15 is 0 Å². The minimum atomic E-state index is -0.648. The van der Waals surface area contributed by atoms with Crippen molar-refractivity contribution < 1.29 is 18.8 Å². The van der Waals surface area contributed by atoms with E-state index in [0.29, 0.717) is 22.6 Å². The SMILES string of the molecule is Cc1cc(C(=O)OCC(=O)N[C@@H](c2ccccc2)c2nccn2C)c2c(C)noc2n1. The summed E-state index contributed by atoms with van der Waals surface area (Å²) < 4.78 is 12.3. The van der Waals surface area contributed by atoms with Gasteiger partial charge >= 0.3 is 5.97 Å². The summed E-state index contributed by atoms with van der Waals surface area (Å²) in [5, 5.41) is 7.22. The van der Waals surface area contributed by atoms with E-state index in [4.69, 9.17) is 9.26 Å². The minimum absolute atomic E-state index is 0.257.